The van der Waals surface area contributed by atoms with Crippen molar-refractivity contribution in [2.45, 2.75) is 106 Å². The molecule has 0 heterocycles. The summed E-state index contributed by atoms with van der Waals surface area (Å²) in [5.41, 5.74) is 3.85. The van der Waals surface area contributed by atoms with Gasteiger partial charge in [0.15, 0.2) is 6.79 Å². The van der Waals surface area contributed by atoms with Gasteiger partial charge in [-0.15, -0.1) is 20.2 Å². The number of carbonyl (C=O) groups excluding carboxylic acids is 2. The quantitative estimate of drug-likeness (QED) is 0.0126. The molecule has 0 spiro atoms. The van der Waals surface area contributed by atoms with Crippen LogP contribution in [0, 0.1) is 20.2 Å². The van der Waals surface area contributed by atoms with Crippen LogP contribution in [0.4, 0.5) is 22.7 Å². The molecular formula is C51H74Cl4I3N4O14Y-. The van der Waals surface area contributed by atoms with Crippen molar-refractivity contribution in [3.8, 4) is 0 Å². The van der Waals surface area contributed by atoms with Crippen LogP contribution in [0.2, 0.25) is 20.1 Å². The second kappa shape index (κ2) is 58.8. The van der Waals surface area contributed by atoms with Crippen molar-refractivity contribution < 1.29 is 104 Å². The molecule has 4 aromatic rings. The SMILES string of the molecule is CCCCCC.CCCOCCC.CCCOCCOCCC.COCOC(=O)Cc1ccccc1Nc1c(Cl)cccc1Cl.I[I-]I.O=C(Cc1ccccc1Nc1c(Cl)cccc1Cl)OCO[N+](=O)[O-].O=[N+]([O-])O.[Y]. The van der Waals surface area contributed by atoms with Crippen LogP contribution in [-0.4, -0.2) is 87.7 Å². The van der Waals surface area contributed by atoms with Gasteiger partial charge in [0, 0.05) is 77.6 Å². The van der Waals surface area contributed by atoms with Gasteiger partial charge in [-0.05, 0) is 73.2 Å². The number of unbranched alkanes of at least 4 members (excludes halogenated alkanes) is 3. The number of carbonyl (C=O) groups is 2. The number of nitrogens with zero attached hydrogens (tertiary/aromatic N) is 2. The molecule has 18 nitrogen and oxygen atoms in total. The number of benzene rings is 4. The third-order valence-corrected chi connectivity index (χ3v) is 9.85. The number of nitrogens with one attached hydrogen (secondary N) is 2. The normalized spacial score (nSPS) is 9.57. The van der Waals surface area contributed by atoms with Crippen molar-refractivity contribution >= 4 is 118 Å². The van der Waals surface area contributed by atoms with Gasteiger partial charge in [-0.25, -0.2) is 0 Å². The largest absolute Gasteiger partial charge is 0.438 e. The number of esters is 2. The molecule has 0 aliphatic carbocycles. The van der Waals surface area contributed by atoms with E-state index in [1.54, 1.807) is 60.7 Å². The van der Waals surface area contributed by atoms with Gasteiger partial charge >= 0.3 is 62.4 Å². The molecule has 0 aliphatic rings. The minimum Gasteiger partial charge on any atom is -0.438 e. The Bertz CT molecular complexity index is 2060. The molecule has 0 unspecified atom stereocenters. The van der Waals surface area contributed by atoms with Crippen LogP contribution in [-0.2, 0) is 88.4 Å². The van der Waals surface area contributed by atoms with E-state index >= 15 is 0 Å². The van der Waals surface area contributed by atoms with Gasteiger partial charge in [0.1, 0.15) is 0 Å². The molecular weight excluding hydrogens is 1500 g/mol. The van der Waals surface area contributed by atoms with E-state index in [2.05, 4.69) is 99.0 Å². The summed E-state index contributed by atoms with van der Waals surface area (Å²) in [4.78, 5) is 45.8. The van der Waals surface area contributed by atoms with Gasteiger partial charge in [0.2, 0.25) is 6.79 Å². The third-order valence-electron chi connectivity index (χ3n) is 8.59. The number of hydrogen-bond acceptors (Lipinski definition) is 15. The van der Waals surface area contributed by atoms with E-state index in [1.807, 2.05) is 24.3 Å². The van der Waals surface area contributed by atoms with E-state index in [1.165, 1.54) is 32.8 Å². The molecule has 0 saturated carbocycles. The van der Waals surface area contributed by atoms with Crippen molar-refractivity contribution in [1.82, 2.24) is 0 Å². The van der Waals surface area contributed by atoms with Crippen LogP contribution < -0.4 is 23.9 Å². The Morgan fingerprint density at radius 3 is 1.17 bits per heavy atom. The van der Waals surface area contributed by atoms with E-state index in [0.29, 0.717) is 56.0 Å². The molecule has 0 fully saturated rings. The number of methoxy groups -OCH3 is 1. The fraction of sp³-hybridized carbons (Fsp3) is 0.490. The fourth-order valence-electron chi connectivity index (χ4n) is 5.27. The second-order valence-electron chi connectivity index (χ2n) is 14.9. The van der Waals surface area contributed by atoms with E-state index in [-0.39, 0.29) is 58.3 Å². The van der Waals surface area contributed by atoms with Gasteiger partial charge in [-0.1, -0.05) is 162 Å². The fourth-order valence-corrected chi connectivity index (χ4v) is 6.25. The molecule has 0 amide bonds. The zero-order valence-corrected chi connectivity index (χ0v) is 57.0. The number of para-hydroxylation sites is 4. The van der Waals surface area contributed by atoms with E-state index in [9.17, 15) is 19.7 Å². The summed E-state index contributed by atoms with van der Waals surface area (Å²) in [5, 5.41) is 30.7. The summed E-state index contributed by atoms with van der Waals surface area (Å²) in [5.74, 6) is -1.04. The standard InChI is InChI=1S/C16H15Cl2NO3.C15H12Cl2N2O5.C8H18O2.C6H14O.C6H14.I3.HNO3.Y/c1-21-10-22-15(20)9-11-5-2-3-8-14(11)19-16-12(17)6-4-7-13(16)18;16-11-5-3-6-12(17)15(11)18-13-7-2-1-4-10(13)8-14(20)23-9-24-19(21)22;1-3-5-9-7-8-10-6-4-2;1-3-5-7-6-4-2;1-3-5-6-4-2;1-3-2;2-1(3)4;/h2-8,19H,9-10H2,1H3;1-7,18H,8-9H2;3-8H2,1-2H3;3-6H2,1-2H3;3-6H2,1-2H3;;(H,2,3,4);/q;;;;;-1;;. The minimum atomic E-state index is -1.50. The van der Waals surface area contributed by atoms with Crippen molar-refractivity contribution in [1.29, 1.82) is 0 Å². The van der Waals surface area contributed by atoms with Crippen molar-refractivity contribution in [2.24, 2.45) is 0 Å². The first-order valence-electron chi connectivity index (χ1n) is 24.1. The maximum absolute atomic E-state index is 11.7. The molecule has 435 valence electrons. The summed E-state index contributed by atoms with van der Waals surface area (Å²) in [7, 11) is 1.46. The molecule has 4 rings (SSSR count). The molecule has 77 heavy (non-hydrogen) atoms. The van der Waals surface area contributed by atoms with E-state index < -0.39 is 22.9 Å². The van der Waals surface area contributed by atoms with Crippen LogP contribution in [0.5, 0.6) is 0 Å². The van der Waals surface area contributed by atoms with E-state index in [4.69, 9.17) is 85.4 Å². The maximum Gasteiger partial charge on any atom is 0.312 e. The average molecular weight is 1580 g/mol. The predicted octanol–water partition coefficient (Wildman–Crippen LogP) is 13.1. The number of ether oxygens (including phenoxy) is 6. The Morgan fingerprint density at radius 2 is 0.870 bits per heavy atom. The van der Waals surface area contributed by atoms with Crippen LogP contribution in [0.3, 0.4) is 0 Å². The summed E-state index contributed by atoms with van der Waals surface area (Å²) in [6, 6.07) is 24.7. The molecule has 3 N–H and O–H groups in total. The topological polar surface area (TPSA) is 229 Å². The van der Waals surface area contributed by atoms with E-state index in [0.717, 1.165) is 76.6 Å². The number of rotatable bonds is 27. The molecule has 1 radical (unpaired) electrons. The van der Waals surface area contributed by atoms with Gasteiger partial charge < -0.3 is 44.3 Å². The Balaban J connectivity index is -0.000000456. The van der Waals surface area contributed by atoms with Crippen LogP contribution >= 0.6 is 83.6 Å². The third kappa shape index (κ3) is 49.6. The number of halogens is 7. The molecule has 0 atom stereocenters. The first-order chi connectivity index (χ1) is 36.5. The Kier molecular flexibility index (Phi) is 62.3. The molecule has 0 aromatic heterocycles. The molecule has 0 aliphatic heterocycles. The zero-order valence-electron chi connectivity index (χ0n) is 44.7. The van der Waals surface area contributed by atoms with Gasteiger partial charge in [-0.2, -0.15) is 0 Å². The number of hydrogen-bond donors (Lipinski definition) is 3. The molecule has 0 saturated heterocycles. The second-order valence-corrected chi connectivity index (χ2v) is 32.7. The Hall–Kier alpha value is -1.89. The van der Waals surface area contributed by atoms with Crippen molar-refractivity contribution in [3.05, 3.63) is 136 Å². The summed E-state index contributed by atoms with van der Waals surface area (Å²) in [6.45, 7) is 17.1. The van der Waals surface area contributed by atoms with Crippen LogP contribution in [0.25, 0.3) is 0 Å². The average Bonchev–Trinajstić information content (AvgIpc) is 3.38. The van der Waals surface area contributed by atoms with Crippen molar-refractivity contribution in [2.75, 3.05) is 71.0 Å². The number of anilines is 4. The smallest absolute Gasteiger partial charge is 0.312 e. The molecule has 4 aromatic carbocycles. The van der Waals surface area contributed by atoms with Gasteiger partial charge in [0.25, 0.3) is 10.2 Å². The first kappa shape index (κ1) is 81.6. The Labute approximate surface area is 529 Å². The maximum atomic E-state index is 11.7. The zero-order chi connectivity index (χ0) is 57.8. The summed E-state index contributed by atoms with van der Waals surface area (Å²) in [6.07, 6.45) is 10.0. The van der Waals surface area contributed by atoms with Gasteiger partial charge in [0.05, 0.1) is 57.5 Å². The van der Waals surface area contributed by atoms with Crippen LogP contribution in [0.15, 0.2) is 84.9 Å². The minimum absolute atomic E-state index is 0. The predicted molar refractivity (Wildman–Crippen MR) is 317 cm³/mol. The summed E-state index contributed by atoms with van der Waals surface area (Å²) < 4.78 is 29.8. The Morgan fingerprint density at radius 1 is 0.558 bits per heavy atom. The first-order valence-corrected chi connectivity index (χ1v) is 38.1. The van der Waals surface area contributed by atoms with Crippen molar-refractivity contribution in [3.63, 3.8) is 0 Å². The monoisotopic (exact) mass is 1580 g/mol. The molecule has 0 bridgehead atoms. The molecule has 26 heteroatoms. The van der Waals surface area contributed by atoms with Gasteiger partial charge in [-0.3, -0.25) is 14.4 Å². The van der Waals surface area contributed by atoms with Crippen LogP contribution in [0.1, 0.15) is 104 Å². The summed E-state index contributed by atoms with van der Waals surface area (Å²) >= 11 is 29.8.